The molecular weight excluding hydrogens is 427 g/mol. The van der Waals surface area contributed by atoms with E-state index in [4.69, 9.17) is 44.3 Å². The van der Waals surface area contributed by atoms with Gasteiger partial charge in [0.2, 0.25) is 11.2 Å². The van der Waals surface area contributed by atoms with Crippen molar-refractivity contribution in [1.29, 1.82) is 0 Å². The lowest BCUT2D eigenvalue weighted by Crippen LogP contribution is -2.20. The average molecular weight is 440 g/mol. The zero-order valence-corrected chi connectivity index (χ0v) is 16.6. The van der Waals surface area contributed by atoms with Crippen LogP contribution >= 0.6 is 34.8 Å². The average Bonchev–Trinajstić information content (AvgIpc) is 2.67. The molecule has 0 fully saturated rings. The van der Waals surface area contributed by atoms with Crippen LogP contribution in [0.4, 0.5) is 16.2 Å². The van der Waals surface area contributed by atoms with E-state index in [1.54, 1.807) is 49.6 Å². The number of hydrogen-bond acceptors (Lipinski definition) is 5. The number of carbonyl (C=O) groups is 1. The minimum absolute atomic E-state index is 0.0383. The van der Waals surface area contributed by atoms with E-state index in [0.29, 0.717) is 21.5 Å². The number of methoxy groups -OCH3 is 1. The minimum Gasteiger partial charge on any atom is -0.497 e. The molecule has 2 N–H and O–H groups in total. The Morgan fingerprint density at radius 2 is 1.61 bits per heavy atom. The monoisotopic (exact) mass is 438 g/mol. The van der Waals surface area contributed by atoms with Gasteiger partial charge in [-0.05, 0) is 48.0 Å². The van der Waals surface area contributed by atoms with Gasteiger partial charge in [-0.15, -0.1) is 0 Å². The van der Waals surface area contributed by atoms with Crippen molar-refractivity contribution in [3.8, 4) is 17.4 Å². The summed E-state index contributed by atoms with van der Waals surface area (Å²) >= 11 is 18.0. The molecule has 0 aliphatic rings. The van der Waals surface area contributed by atoms with Crippen molar-refractivity contribution in [2.45, 2.75) is 0 Å². The van der Waals surface area contributed by atoms with Gasteiger partial charge in [-0.3, -0.25) is 0 Å². The normalized spacial score (nSPS) is 10.3. The number of halogens is 3. The molecule has 0 atom stereocenters. The molecule has 0 aliphatic heterocycles. The summed E-state index contributed by atoms with van der Waals surface area (Å²) in [5.74, 6) is 1.20. The van der Waals surface area contributed by atoms with Gasteiger partial charge < -0.3 is 20.1 Å². The Morgan fingerprint density at radius 1 is 0.964 bits per heavy atom. The Labute approximate surface area is 175 Å². The summed E-state index contributed by atoms with van der Waals surface area (Å²) in [5.41, 5.74) is 0.469. The topological polar surface area (TPSA) is 85.4 Å². The number of hydrogen-bond donors (Lipinski definition) is 2. The van der Waals surface area contributed by atoms with Crippen LogP contribution in [0.15, 0.2) is 48.7 Å². The fourth-order valence-electron chi connectivity index (χ4n) is 2.15. The van der Waals surface area contributed by atoms with E-state index >= 15 is 0 Å². The summed E-state index contributed by atoms with van der Waals surface area (Å²) in [6.07, 6.45) is 1.32. The molecule has 2 amide bonds. The number of amides is 2. The smallest absolute Gasteiger partial charge is 0.323 e. The molecule has 3 aromatic rings. The highest BCUT2D eigenvalue weighted by Crippen LogP contribution is 2.31. The zero-order valence-electron chi connectivity index (χ0n) is 14.4. The summed E-state index contributed by atoms with van der Waals surface area (Å²) in [6.45, 7) is 0. The second kappa shape index (κ2) is 8.97. The van der Waals surface area contributed by atoms with Crippen LogP contribution in [0, 0.1) is 0 Å². The van der Waals surface area contributed by atoms with Crippen LogP contribution < -0.4 is 20.1 Å². The third-order valence-corrected chi connectivity index (χ3v) is 4.26. The lowest BCUT2D eigenvalue weighted by Gasteiger charge is -2.13. The number of nitrogens with zero attached hydrogens (tertiary/aromatic N) is 2. The minimum atomic E-state index is -0.611. The van der Waals surface area contributed by atoms with E-state index in [1.807, 2.05) is 0 Å². The third-order valence-electron chi connectivity index (χ3n) is 3.45. The number of nitrogens with one attached hydrogen (secondary N) is 2. The number of anilines is 2. The molecule has 28 heavy (non-hydrogen) atoms. The summed E-state index contributed by atoms with van der Waals surface area (Å²) in [7, 11) is 1.56. The molecule has 0 spiro atoms. The first-order valence-electron chi connectivity index (χ1n) is 7.82. The highest BCUT2D eigenvalue weighted by atomic mass is 35.5. The van der Waals surface area contributed by atoms with Gasteiger partial charge in [0.1, 0.15) is 17.2 Å². The molecule has 2 aromatic carbocycles. The Bertz CT molecular complexity index is 980. The van der Waals surface area contributed by atoms with Crippen molar-refractivity contribution in [1.82, 2.24) is 9.97 Å². The van der Waals surface area contributed by atoms with E-state index < -0.39 is 6.03 Å². The maximum absolute atomic E-state index is 12.4. The van der Waals surface area contributed by atoms with Crippen LogP contribution in [-0.2, 0) is 0 Å². The number of para-hydroxylation sites is 1. The van der Waals surface area contributed by atoms with Crippen LogP contribution in [0.25, 0.3) is 0 Å². The molecule has 10 heteroatoms. The van der Waals surface area contributed by atoms with Gasteiger partial charge in [-0.2, -0.15) is 4.98 Å². The summed E-state index contributed by atoms with van der Waals surface area (Å²) in [5, 5.41) is 5.71. The van der Waals surface area contributed by atoms with Gasteiger partial charge in [-0.1, -0.05) is 29.3 Å². The maximum atomic E-state index is 12.4. The molecule has 0 aliphatic carbocycles. The fraction of sp³-hybridized carbons (Fsp3) is 0.0556. The highest BCUT2D eigenvalue weighted by Gasteiger charge is 2.15. The van der Waals surface area contributed by atoms with Gasteiger partial charge >= 0.3 is 6.03 Å². The van der Waals surface area contributed by atoms with Crippen LogP contribution in [0.3, 0.4) is 0 Å². The van der Waals surface area contributed by atoms with Crippen molar-refractivity contribution >= 4 is 52.2 Å². The molecule has 7 nitrogen and oxygen atoms in total. The van der Waals surface area contributed by atoms with E-state index in [0.717, 1.165) is 0 Å². The van der Waals surface area contributed by atoms with Crippen molar-refractivity contribution in [2.75, 3.05) is 17.7 Å². The molecule has 0 saturated carbocycles. The molecule has 0 radical (unpaired) electrons. The molecule has 144 valence electrons. The van der Waals surface area contributed by atoms with Crippen LogP contribution in [-0.4, -0.2) is 23.1 Å². The van der Waals surface area contributed by atoms with Crippen LogP contribution in [0.2, 0.25) is 15.3 Å². The lowest BCUT2D eigenvalue weighted by atomic mass is 10.3. The molecule has 0 saturated heterocycles. The second-order valence-corrected chi connectivity index (χ2v) is 6.46. The van der Waals surface area contributed by atoms with Gasteiger partial charge in [-0.25, -0.2) is 9.78 Å². The summed E-state index contributed by atoms with van der Waals surface area (Å²) in [6, 6.07) is 11.1. The second-order valence-electron chi connectivity index (χ2n) is 5.31. The third kappa shape index (κ3) is 4.95. The number of benzene rings is 2. The number of urea groups is 1. The molecule has 3 rings (SSSR count). The van der Waals surface area contributed by atoms with Crippen LogP contribution in [0.1, 0.15) is 0 Å². The SMILES string of the molecule is COc1ccc(Oc2nc(Cl)ncc2NC(=O)Nc2c(Cl)cccc2Cl)cc1. The molecule has 0 bridgehead atoms. The predicted molar refractivity (Wildman–Crippen MR) is 109 cm³/mol. The summed E-state index contributed by atoms with van der Waals surface area (Å²) in [4.78, 5) is 20.2. The van der Waals surface area contributed by atoms with Gasteiger partial charge in [0.05, 0.1) is 29.0 Å². The molecular formula is C18H13Cl3N4O3. The number of ether oxygens (including phenoxy) is 2. The zero-order chi connectivity index (χ0) is 20.1. The molecule has 1 aromatic heterocycles. The van der Waals surface area contributed by atoms with E-state index in [-0.39, 0.29) is 22.5 Å². The van der Waals surface area contributed by atoms with Crippen molar-refractivity contribution in [2.24, 2.45) is 0 Å². The quantitative estimate of drug-likeness (QED) is 0.485. The van der Waals surface area contributed by atoms with E-state index in [1.165, 1.54) is 6.20 Å². The standard InChI is InChI=1S/C18H13Cl3N4O3/c1-27-10-5-7-11(8-6-10)28-16-14(9-22-17(21)25-16)23-18(26)24-15-12(19)3-2-4-13(15)20/h2-9H,1H3,(H2,23,24,26). The van der Waals surface area contributed by atoms with Crippen LogP contribution in [0.5, 0.6) is 17.4 Å². The van der Waals surface area contributed by atoms with Crippen molar-refractivity contribution in [3.05, 3.63) is 64.0 Å². The first-order chi connectivity index (χ1) is 13.5. The number of rotatable bonds is 5. The fourth-order valence-corrected chi connectivity index (χ4v) is 2.77. The Kier molecular flexibility index (Phi) is 6.41. The van der Waals surface area contributed by atoms with Gasteiger partial charge in [0.25, 0.3) is 0 Å². The van der Waals surface area contributed by atoms with Crippen molar-refractivity contribution < 1.29 is 14.3 Å². The number of carbonyl (C=O) groups excluding carboxylic acids is 1. The predicted octanol–water partition coefficient (Wildman–Crippen LogP) is 5.88. The molecule has 1 heterocycles. The Hall–Kier alpha value is -2.74. The Balaban J connectivity index is 1.79. The largest absolute Gasteiger partial charge is 0.497 e. The number of aromatic nitrogens is 2. The maximum Gasteiger partial charge on any atom is 0.323 e. The first kappa shape index (κ1) is 20.0. The summed E-state index contributed by atoms with van der Waals surface area (Å²) < 4.78 is 10.8. The Morgan fingerprint density at radius 3 is 2.25 bits per heavy atom. The van der Waals surface area contributed by atoms with Gasteiger partial charge in [0.15, 0.2) is 0 Å². The van der Waals surface area contributed by atoms with E-state index in [9.17, 15) is 4.79 Å². The lowest BCUT2D eigenvalue weighted by molar-refractivity contribution is 0.262. The van der Waals surface area contributed by atoms with E-state index in [2.05, 4.69) is 20.6 Å². The molecule has 0 unspecified atom stereocenters. The van der Waals surface area contributed by atoms with Gasteiger partial charge in [0, 0.05) is 0 Å². The first-order valence-corrected chi connectivity index (χ1v) is 8.96. The van der Waals surface area contributed by atoms with Crippen molar-refractivity contribution in [3.63, 3.8) is 0 Å². The highest BCUT2D eigenvalue weighted by molar-refractivity contribution is 6.39.